The molecule has 2 aliphatic rings. The zero-order valence-corrected chi connectivity index (χ0v) is 19.8. The van der Waals surface area contributed by atoms with Crippen LogP contribution in [-0.2, 0) is 0 Å². The van der Waals surface area contributed by atoms with Crippen LogP contribution in [0.2, 0.25) is 0 Å². The molecule has 0 saturated carbocycles. The van der Waals surface area contributed by atoms with Gasteiger partial charge in [0.25, 0.3) is 0 Å². The maximum Gasteiger partial charge on any atom is 0.170 e. The fourth-order valence-electron chi connectivity index (χ4n) is 5.38. The summed E-state index contributed by atoms with van der Waals surface area (Å²) in [4.78, 5) is 2.53. The van der Waals surface area contributed by atoms with E-state index in [9.17, 15) is 4.39 Å². The predicted octanol–water partition coefficient (Wildman–Crippen LogP) is 6.40. The molecule has 5 rings (SSSR count). The van der Waals surface area contributed by atoms with Crippen molar-refractivity contribution >= 4 is 28.7 Å². The van der Waals surface area contributed by atoms with Gasteiger partial charge in [-0.3, -0.25) is 0 Å². The van der Waals surface area contributed by atoms with Crippen LogP contribution in [0.1, 0.15) is 60.3 Å². The van der Waals surface area contributed by atoms with Crippen LogP contribution in [-0.4, -0.2) is 24.7 Å². The lowest BCUT2D eigenvalue weighted by Crippen LogP contribution is -2.38. The average Bonchev–Trinajstić information content (AvgIpc) is 2.83. The van der Waals surface area contributed by atoms with Crippen molar-refractivity contribution in [3.63, 3.8) is 0 Å². The predicted molar refractivity (Wildman–Crippen MR) is 139 cm³/mol. The van der Waals surface area contributed by atoms with Crippen LogP contribution in [0.4, 0.5) is 15.8 Å². The molecular weight excluding hydrogens is 429 g/mol. The number of rotatable bonds is 5. The number of thiocarbonyl (C=S) groups is 1. The van der Waals surface area contributed by atoms with Crippen molar-refractivity contribution < 1.29 is 4.39 Å². The van der Waals surface area contributed by atoms with Crippen molar-refractivity contribution in [3.8, 4) is 0 Å². The number of benzene rings is 3. The molecule has 5 heteroatoms. The van der Waals surface area contributed by atoms with E-state index in [0.29, 0.717) is 11.0 Å². The summed E-state index contributed by atoms with van der Waals surface area (Å²) < 4.78 is 14.1. The van der Waals surface area contributed by atoms with E-state index in [1.807, 2.05) is 6.07 Å². The highest BCUT2D eigenvalue weighted by Gasteiger charge is 2.35. The highest BCUT2D eigenvalue weighted by atomic mass is 32.1. The van der Waals surface area contributed by atoms with E-state index in [2.05, 4.69) is 71.0 Å². The lowest BCUT2D eigenvalue weighted by molar-refractivity contribution is 0.567. The molecule has 0 spiro atoms. The van der Waals surface area contributed by atoms with E-state index in [0.717, 1.165) is 50.1 Å². The first-order chi connectivity index (χ1) is 16.1. The van der Waals surface area contributed by atoms with Gasteiger partial charge < -0.3 is 15.5 Å². The smallest absolute Gasteiger partial charge is 0.170 e. The van der Waals surface area contributed by atoms with Crippen molar-refractivity contribution in [2.75, 3.05) is 29.9 Å². The van der Waals surface area contributed by atoms with Gasteiger partial charge >= 0.3 is 0 Å². The Labute approximate surface area is 201 Å². The number of nitrogens with one attached hydrogen (secondary N) is 2. The van der Waals surface area contributed by atoms with Gasteiger partial charge in [0.1, 0.15) is 5.82 Å². The first-order valence-electron chi connectivity index (χ1n) is 11.9. The van der Waals surface area contributed by atoms with Crippen molar-refractivity contribution in [1.29, 1.82) is 0 Å². The van der Waals surface area contributed by atoms with Crippen molar-refractivity contribution in [2.24, 2.45) is 0 Å². The van der Waals surface area contributed by atoms with Crippen LogP contribution in [0.3, 0.4) is 0 Å². The normalized spacial score (nSPS) is 19.0. The van der Waals surface area contributed by atoms with E-state index in [1.165, 1.54) is 28.4 Å². The summed E-state index contributed by atoms with van der Waals surface area (Å²) in [5, 5.41) is 7.34. The van der Waals surface area contributed by atoms with Gasteiger partial charge in [0.05, 0.1) is 0 Å². The Balaban J connectivity index is 1.62. The van der Waals surface area contributed by atoms with Gasteiger partial charge in [0, 0.05) is 42.8 Å². The summed E-state index contributed by atoms with van der Waals surface area (Å²) in [6, 6.07) is 22.4. The minimum atomic E-state index is -0.176. The maximum atomic E-state index is 14.1. The van der Waals surface area contributed by atoms with Crippen LogP contribution < -0.4 is 15.5 Å². The molecule has 2 heterocycles. The van der Waals surface area contributed by atoms with Crippen molar-refractivity contribution in [2.45, 2.75) is 38.0 Å². The Morgan fingerprint density at radius 2 is 1.61 bits per heavy atom. The minimum Gasteiger partial charge on any atom is -0.371 e. The van der Waals surface area contributed by atoms with E-state index < -0.39 is 0 Å². The highest BCUT2D eigenvalue weighted by molar-refractivity contribution is 7.80. The molecule has 0 aromatic heterocycles. The molecule has 3 aromatic rings. The number of hydrogen-bond acceptors (Lipinski definition) is 2. The highest BCUT2D eigenvalue weighted by Crippen LogP contribution is 2.49. The van der Waals surface area contributed by atoms with Crippen molar-refractivity contribution in [3.05, 3.63) is 94.8 Å². The van der Waals surface area contributed by atoms with Gasteiger partial charge in [-0.2, -0.15) is 0 Å². The molecule has 0 bridgehead atoms. The fourth-order valence-corrected chi connectivity index (χ4v) is 5.60. The molecule has 3 nitrogen and oxygen atoms in total. The number of hydrogen-bond donors (Lipinski definition) is 2. The summed E-state index contributed by atoms with van der Waals surface area (Å²) in [7, 11) is 0. The molecular formula is C28H30FN3S. The summed E-state index contributed by atoms with van der Waals surface area (Å²) in [5.41, 5.74) is 7.33. The van der Waals surface area contributed by atoms with Gasteiger partial charge in [-0.15, -0.1) is 0 Å². The molecule has 0 amide bonds. The molecule has 0 saturated heterocycles. The van der Waals surface area contributed by atoms with Gasteiger partial charge in [-0.1, -0.05) is 49.4 Å². The molecule has 0 radical (unpaired) electrons. The lowest BCUT2D eigenvalue weighted by atomic mass is 9.76. The molecule has 2 atom stereocenters. The van der Waals surface area contributed by atoms with Crippen LogP contribution in [0.5, 0.6) is 0 Å². The van der Waals surface area contributed by atoms with Crippen LogP contribution in [0.25, 0.3) is 0 Å². The molecule has 2 unspecified atom stereocenters. The number of anilines is 2. The second-order valence-corrected chi connectivity index (χ2v) is 9.43. The standard InChI is InChI=1S/C28H30FN3S/c1-2-13-30-28(33)31-22-17-25-23(19-7-4-3-5-8-19)11-14-32-15-12-24(26(18-22)27(25)32)20-9-6-10-21(29)16-20/h3-10,16-18,23-24H,2,11-15H2,1H3,(H2,30,31,33). The van der Waals surface area contributed by atoms with E-state index in [1.54, 1.807) is 6.07 Å². The third-order valence-corrected chi connectivity index (χ3v) is 7.10. The Kier molecular flexibility index (Phi) is 6.32. The van der Waals surface area contributed by atoms with E-state index >= 15 is 0 Å². The molecule has 33 heavy (non-hydrogen) atoms. The van der Waals surface area contributed by atoms with Gasteiger partial charge in [0.2, 0.25) is 0 Å². The van der Waals surface area contributed by atoms with Crippen LogP contribution >= 0.6 is 12.2 Å². The maximum absolute atomic E-state index is 14.1. The molecule has 0 fully saturated rings. The molecule has 2 aliphatic heterocycles. The Hall–Kier alpha value is -2.92. The first-order valence-corrected chi connectivity index (χ1v) is 12.3. The van der Waals surface area contributed by atoms with Gasteiger partial charge in [-0.05, 0) is 78.0 Å². The zero-order chi connectivity index (χ0) is 22.8. The van der Waals surface area contributed by atoms with Gasteiger partial charge in [0.15, 0.2) is 5.11 Å². The first kappa shape index (κ1) is 21.9. The largest absolute Gasteiger partial charge is 0.371 e. The minimum absolute atomic E-state index is 0.166. The second-order valence-electron chi connectivity index (χ2n) is 9.02. The lowest BCUT2D eigenvalue weighted by Gasteiger charge is -2.43. The quantitative estimate of drug-likeness (QED) is 0.432. The summed E-state index contributed by atoms with van der Waals surface area (Å²) in [6.45, 7) is 5.00. The fraction of sp³-hybridized carbons (Fsp3) is 0.321. The second kappa shape index (κ2) is 9.52. The van der Waals surface area contributed by atoms with Crippen LogP contribution in [0.15, 0.2) is 66.7 Å². The SMILES string of the molecule is CCCNC(=S)Nc1cc2c3c(c1)C(c1cccc(F)c1)CCN3CCC2c1ccccc1. The van der Waals surface area contributed by atoms with Crippen molar-refractivity contribution in [1.82, 2.24) is 5.32 Å². The van der Waals surface area contributed by atoms with Crippen LogP contribution in [0, 0.1) is 5.82 Å². The molecule has 170 valence electrons. The number of halogens is 1. The molecule has 3 aromatic carbocycles. The number of nitrogens with zero attached hydrogens (tertiary/aromatic N) is 1. The third kappa shape index (κ3) is 4.47. The van der Waals surface area contributed by atoms with Gasteiger partial charge in [-0.25, -0.2) is 4.39 Å². The molecule has 2 N–H and O–H groups in total. The topological polar surface area (TPSA) is 27.3 Å². The molecule has 0 aliphatic carbocycles. The Morgan fingerprint density at radius 3 is 2.27 bits per heavy atom. The monoisotopic (exact) mass is 459 g/mol. The van der Waals surface area contributed by atoms with E-state index in [4.69, 9.17) is 12.2 Å². The summed E-state index contributed by atoms with van der Waals surface area (Å²) >= 11 is 5.55. The average molecular weight is 460 g/mol. The Bertz CT molecular complexity index is 1150. The van der Waals surface area contributed by atoms with E-state index in [-0.39, 0.29) is 11.7 Å². The third-order valence-electron chi connectivity index (χ3n) is 6.86. The zero-order valence-electron chi connectivity index (χ0n) is 19.0. The summed E-state index contributed by atoms with van der Waals surface area (Å²) in [6.07, 6.45) is 3.08. The summed E-state index contributed by atoms with van der Waals surface area (Å²) in [5.74, 6) is 0.325. The Morgan fingerprint density at radius 1 is 0.939 bits per heavy atom.